The summed E-state index contributed by atoms with van der Waals surface area (Å²) in [6, 6.07) is 0. The Labute approximate surface area is 122 Å². The first-order valence-corrected chi connectivity index (χ1v) is 8.84. The van der Waals surface area contributed by atoms with Crippen LogP contribution in [0, 0.1) is 5.92 Å². The molecule has 106 valence electrons. The van der Waals surface area contributed by atoms with Crippen LogP contribution in [0.5, 0.6) is 0 Å². The summed E-state index contributed by atoms with van der Waals surface area (Å²) in [7, 11) is 0. The van der Waals surface area contributed by atoms with E-state index < -0.39 is 0 Å². The second-order valence-electron chi connectivity index (χ2n) is 4.90. The number of aromatic nitrogens is 2. The number of hydrogen-bond acceptors (Lipinski definition) is 5. The third-order valence-corrected chi connectivity index (χ3v) is 5.28. The smallest absolute Gasteiger partial charge is 0.226 e. The molecule has 0 aromatic carbocycles. The lowest BCUT2D eigenvalue weighted by molar-refractivity contribution is -0.116. The molecule has 0 spiro atoms. The number of anilines is 1. The van der Waals surface area contributed by atoms with E-state index >= 15 is 0 Å². The Morgan fingerprint density at radius 1 is 1.37 bits per heavy atom. The quantitative estimate of drug-likeness (QED) is 0.638. The van der Waals surface area contributed by atoms with Crippen LogP contribution in [-0.4, -0.2) is 21.9 Å². The lowest BCUT2D eigenvalue weighted by atomic mass is 9.86. The fourth-order valence-electron chi connectivity index (χ4n) is 2.43. The van der Waals surface area contributed by atoms with Gasteiger partial charge in [0, 0.05) is 6.42 Å². The minimum atomic E-state index is 0.0785. The maximum atomic E-state index is 11.8. The summed E-state index contributed by atoms with van der Waals surface area (Å²) in [5.41, 5.74) is 0. The number of nitrogens with zero attached hydrogens (tertiary/aromatic N) is 2. The number of amides is 1. The normalized spacial score (nSPS) is 16.5. The van der Waals surface area contributed by atoms with Gasteiger partial charge in [-0.1, -0.05) is 62.1 Å². The van der Waals surface area contributed by atoms with Gasteiger partial charge < -0.3 is 5.32 Å². The second kappa shape index (κ2) is 7.85. The zero-order valence-electron chi connectivity index (χ0n) is 11.4. The fourth-order valence-corrected chi connectivity index (χ4v) is 4.10. The molecule has 0 radical (unpaired) electrons. The van der Waals surface area contributed by atoms with Gasteiger partial charge in [-0.25, -0.2) is 0 Å². The molecule has 0 unspecified atom stereocenters. The van der Waals surface area contributed by atoms with E-state index in [-0.39, 0.29) is 5.91 Å². The van der Waals surface area contributed by atoms with Crippen molar-refractivity contribution in [1.29, 1.82) is 0 Å². The predicted octanol–water partition coefficient (Wildman–Crippen LogP) is 3.95. The van der Waals surface area contributed by atoms with E-state index in [1.165, 1.54) is 43.4 Å². The van der Waals surface area contributed by atoms with Gasteiger partial charge in [-0.2, -0.15) is 0 Å². The molecule has 1 amide bonds. The third kappa shape index (κ3) is 5.10. The molecule has 1 aromatic rings. The zero-order valence-corrected chi connectivity index (χ0v) is 13.0. The van der Waals surface area contributed by atoms with Crippen LogP contribution >= 0.6 is 23.1 Å². The van der Waals surface area contributed by atoms with Crippen LogP contribution in [0.25, 0.3) is 0 Å². The largest absolute Gasteiger partial charge is 0.301 e. The van der Waals surface area contributed by atoms with Gasteiger partial charge in [-0.05, 0) is 18.1 Å². The number of thioether (sulfide) groups is 1. The van der Waals surface area contributed by atoms with Gasteiger partial charge in [0.15, 0.2) is 4.34 Å². The van der Waals surface area contributed by atoms with Crippen molar-refractivity contribution in [2.75, 3.05) is 11.1 Å². The summed E-state index contributed by atoms with van der Waals surface area (Å²) in [6.07, 6.45) is 8.25. The van der Waals surface area contributed by atoms with E-state index in [0.29, 0.717) is 11.6 Å². The summed E-state index contributed by atoms with van der Waals surface area (Å²) in [4.78, 5) is 11.8. The summed E-state index contributed by atoms with van der Waals surface area (Å²) >= 11 is 3.11. The van der Waals surface area contributed by atoms with Crippen molar-refractivity contribution >= 4 is 34.1 Å². The number of carbonyl (C=O) groups excluding carboxylic acids is 1. The van der Waals surface area contributed by atoms with Crippen LogP contribution in [0.4, 0.5) is 5.13 Å². The second-order valence-corrected chi connectivity index (χ2v) is 7.39. The molecule has 0 bridgehead atoms. The maximum absolute atomic E-state index is 11.8. The summed E-state index contributed by atoms with van der Waals surface area (Å²) in [5.74, 6) is 1.81. The lowest BCUT2D eigenvalue weighted by Gasteiger charge is -2.20. The molecule has 1 aromatic heterocycles. The van der Waals surface area contributed by atoms with Crippen LogP contribution in [0.1, 0.15) is 51.9 Å². The van der Waals surface area contributed by atoms with E-state index in [1.54, 1.807) is 11.8 Å². The Morgan fingerprint density at radius 2 is 2.16 bits per heavy atom. The van der Waals surface area contributed by atoms with Gasteiger partial charge in [0.2, 0.25) is 11.0 Å². The molecule has 1 heterocycles. The highest BCUT2D eigenvalue weighted by atomic mass is 32.2. The molecule has 1 aliphatic rings. The highest BCUT2D eigenvalue weighted by molar-refractivity contribution is 8.01. The van der Waals surface area contributed by atoms with Crippen LogP contribution in [0.2, 0.25) is 0 Å². The van der Waals surface area contributed by atoms with E-state index in [2.05, 4.69) is 22.4 Å². The third-order valence-electron chi connectivity index (χ3n) is 3.43. The number of hydrogen-bond donors (Lipinski definition) is 1. The van der Waals surface area contributed by atoms with Crippen molar-refractivity contribution in [2.45, 2.75) is 56.2 Å². The average Bonchev–Trinajstić information content (AvgIpc) is 2.85. The highest BCUT2D eigenvalue weighted by Crippen LogP contribution is 2.28. The van der Waals surface area contributed by atoms with Crippen molar-refractivity contribution < 1.29 is 4.79 Å². The number of nitrogens with one attached hydrogen (secondary N) is 1. The van der Waals surface area contributed by atoms with Crippen molar-refractivity contribution in [3.8, 4) is 0 Å². The Hall–Kier alpha value is -0.620. The minimum absolute atomic E-state index is 0.0785. The summed E-state index contributed by atoms with van der Waals surface area (Å²) in [6.45, 7) is 2.08. The Kier molecular flexibility index (Phi) is 6.10. The SMILES string of the molecule is CCSc1nnc(NC(=O)CCC2CCCCC2)s1. The molecular formula is C13H21N3OS2. The molecule has 0 aliphatic heterocycles. The standard InChI is InChI=1S/C13H21N3OS2/c1-2-18-13-16-15-12(19-13)14-11(17)9-8-10-6-4-3-5-7-10/h10H,2-9H2,1H3,(H,14,15,17). The van der Waals surface area contributed by atoms with Crippen LogP contribution in [0.3, 0.4) is 0 Å². The Morgan fingerprint density at radius 3 is 2.89 bits per heavy atom. The minimum Gasteiger partial charge on any atom is -0.301 e. The molecule has 19 heavy (non-hydrogen) atoms. The predicted molar refractivity (Wildman–Crippen MR) is 80.7 cm³/mol. The monoisotopic (exact) mass is 299 g/mol. The van der Waals surface area contributed by atoms with Crippen LogP contribution in [0.15, 0.2) is 4.34 Å². The topological polar surface area (TPSA) is 54.9 Å². The molecule has 1 saturated carbocycles. The maximum Gasteiger partial charge on any atom is 0.226 e. The van der Waals surface area contributed by atoms with Gasteiger partial charge in [0.25, 0.3) is 0 Å². The average molecular weight is 299 g/mol. The van der Waals surface area contributed by atoms with E-state index in [0.717, 1.165) is 22.4 Å². The van der Waals surface area contributed by atoms with Gasteiger partial charge in [-0.3, -0.25) is 4.79 Å². The first-order valence-electron chi connectivity index (χ1n) is 7.04. The van der Waals surface area contributed by atoms with Gasteiger partial charge >= 0.3 is 0 Å². The molecule has 1 fully saturated rings. The van der Waals surface area contributed by atoms with Crippen molar-refractivity contribution in [1.82, 2.24) is 10.2 Å². The molecule has 6 heteroatoms. The van der Waals surface area contributed by atoms with Crippen LogP contribution in [-0.2, 0) is 4.79 Å². The molecule has 1 aliphatic carbocycles. The van der Waals surface area contributed by atoms with Gasteiger partial charge in [-0.15, -0.1) is 10.2 Å². The first kappa shape index (κ1) is 14.8. The molecular weight excluding hydrogens is 278 g/mol. The molecule has 2 rings (SSSR count). The number of carbonyl (C=O) groups is 1. The van der Waals surface area contributed by atoms with E-state index in [9.17, 15) is 4.79 Å². The first-order chi connectivity index (χ1) is 9.28. The Bertz CT molecular complexity index is 402. The van der Waals surface area contributed by atoms with Crippen molar-refractivity contribution in [3.05, 3.63) is 0 Å². The molecule has 1 N–H and O–H groups in total. The summed E-state index contributed by atoms with van der Waals surface area (Å²) in [5, 5.41) is 11.5. The fraction of sp³-hybridized carbons (Fsp3) is 0.769. The van der Waals surface area contributed by atoms with Crippen LogP contribution < -0.4 is 5.32 Å². The molecule has 0 atom stereocenters. The highest BCUT2D eigenvalue weighted by Gasteiger charge is 2.15. The van der Waals surface area contributed by atoms with E-state index in [4.69, 9.17) is 0 Å². The number of rotatable bonds is 6. The Balaban J connectivity index is 1.70. The van der Waals surface area contributed by atoms with E-state index in [1.807, 2.05) is 0 Å². The lowest BCUT2D eigenvalue weighted by Crippen LogP contribution is -2.14. The summed E-state index contributed by atoms with van der Waals surface area (Å²) < 4.78 is 0.921. The van der Waals surface area contributed by atoms with Gasteiger partial charge in [0.1, 0.15) is 0 Å². The zero-order chi connectivity index (χ0) is 13.5. The molecule has 4 nitrogen and oxygen atoms in total. The van der Waals surface area contributed by atoms with Gasteiger partial charge in [0.05, 0.1) is 0 Å². The molecule has 0 saturated heterocycles. The van der Waals surface area contributed by atoms with Crippen molar-refractivity contribution in [2.24, 2.45) is 5.92 Å². The van der Waals surface area contributed by atoms with Crippen molar-refractivity contribution in [3.63, 3.8) is 0 Å².